The summed E-state index contributed by atoms with van der Waals surface area (Å²) in [6.45, 7) is 0. The van der Waals surface area contributed by atoms with Gasteiger partial charge in [-0.1, -0.05) is 109 Å². The Kier molecular flexibility index (Phi) is 6.64. The second-order valence-electron chi connectivity index (χ2n) is 12.4. The molecule has 234 valence electrons. The van der Waals surface area contributed by atoms with Crippen molar-refractivity contribution in [3.8, 4) is 56.3 Å². The van der Waals surface area contributed by atoms with E-state index in [4.69, 9.17) is 14.4 Å². The second-order valence-corrected chi connectivity index (χ2v) is 13.4. The summed E-state index contributed by atoms with van der Waals surface area (Å²) in [6.07, 6.45) is 1.83. The number of para-hydroxylation sites is 1. The quantitative estimate of drug-likeness (QED) is 0.185. The maximum Gasteiger partial charge on any atom is 0.161 e. The highest BCUT2D eigenvalue weighted by Gasteiger charge is 2.21. The van der Waals surface area contributed by atoms with Gasteiger partial charge in [0, 0.05) is 65.0 Å². The molecule has 5 heteroatoms. The Morgan fingerprint density at radius 1 is 0.440 bits per heavy atom. The van der Waals surface area contributed by atoms with Gasteiger partial charge in [-0.05, 0) is 54.1 Å². The van der Waals surface area contributed by atoms with E-state index in [1.54, 1.807) is 0 Å². The van der Waals surface area contributed by atoms with E-state index in [1.807, 2.05) is 72.1 Å². The minimum atomic E-state index is 0.639. The summed E-state index contributed by atoms with van der Waals surface area (Å²) in [6, 6.07) is 54.6. The highest BCUT2D eigenvalue weighted by atomic mass is 32.1. The first-order valence-electron chi connectivity index (χ1n) is 16.6. The van der Waals surface area contributed by atoms with Crippen LogP contribution in [-0.2, 0) is 0 Å². The predicted octanol–water partition coefficient (Wildman–Crippen LogP) is 12.5. The van der Waals surface area contributed by atoms with Crippen molar-refractivity contribution in [3.05, 3.63) is 164 Å². The topological polar surface area (TPSA) is 51.8 Å². The molecule has 0 atom stereocenters. The van der Waals surface area contributed by atoms with Crippen LogP contribution in [0.25, 0.3) is 98.4 Å². The lowest BCUT2D eigenvalue weighted by Crippen LogP contribution is -1.98. The number of pyridine rings is 1. The molecule has 0 aliphatic carbocycles. The molecular formula is C45H27N3OS. The van der Waals surface area contributed by atoms with Crippen LogP contribution in [0.3, 0.4) is 0 Å². The van der Waals surface area contributed by atoms with Crippen LogP contribution in [-0.4, -0.2) is 15.0 Å². The SMILES string of the molecule is c1ccc(-c2cc(-c3ccccc3-c3ccccn3)nc(-c3ccc(-c4ccc5c(c4)sc4ccccc45)c4oc5ccccc5c34)n2)cc1. The third-order valence-electron chi connectivity index (χ3n) is 9.40. The van der Waals surface area contributed by atoms with E-state index in [2.05, 4.69) is 108 Å². The number of furan rings is 1. The average molecular weight is 658 g/mol. The van der Waals surface area contributed by atoms with Crippen LogP contribution in [0.2, 0.25) is 0 Å². The van der Waals surface area contributed by atoms with Gasteiger partial charge in [-0.2, -0.15) is 0 Å². The summed E-state index contributed by atoms with van der Waals surface area (Å²) in [4.78, 5) is 15.2. The highest BCUT2D eigenvalue weighted by molar-refractivity contribution is 7.25. The van der Waals surface area contributed by atoms with Crippen LogP contribution in [0.1, 0.15) is 0 Å². The van der Waals surface area contributed by atoms with Crippen molar-refractivity contribution in [1.29, 1.82) is 0 Å². The second kappa shape index (κ2) is 11.6. The van der Waals surface area contributed by atoms with Crippen molar-refractivity contribution in [2.24, 2.45) is 0 Å². The smallest absolute Gasteiger partial charge is 0.161 e. The van der Waals surface area contributed by atoms with Crippen molar-refractivity contribution >= 4 is 53.4 Å². The van der Waals surface area contributed by atoms with E-state index in [1.165, 1.54) is 20.2 Å². The van der Waals surface area contributed by atoms with Crippen molar-refractivity contribution in [1.82, 2.24) is 15.0 Å². The zero-order valence-corrected chi connectivity index (χ0v) is 27.6. The number of thiophene rings is 1. The Labute approximate surface area is 292 Å². The Hall–Kier alpha value is -6.43. The first-order chi connectivity index (χ1) is 24.8. The summed E-state index contributed by atoms with van der Waals surface area (Å²) in [5.74, 6) is 0.639. The summed E-state index contributed by atoms with van der Waals surface area (Å²) in [7, 11) is 0. The molecule has 50 heavy (non-hydrogen) atoms. The molecule has 0 bridgehead atoms. The van der Waals surface area contributed by atoms with Crippen molar-refractivity contribution in [3.63, 3.8) is 0 Å². The first kappa shape index (κ1) is 28.6. The van der Waals surface area contributed by atoms with E-state index < -0.39 is 0 Å². The van der Waals surface area contributed by atoms with Gasteiger partial charge >= 0.3 is 0 Å². The van der Waals surface area contributed by atoms with Gasteiger partial charge in [0.2, 0.25) is 0 Å². The van der Waals surface area contributed by atoms with E-state index in [0.717, 1.165) is 72.4 Å². The zero-order chi connectivity index (χ0) is 33.0. The number of hydrogen-bond donors (Lipinski definition) is 0. The predicted molar refractivity (Wildman–Crippen MR) is 207 cm³/mol. The van der Waals surface area contributed by atoms with E-state index in [-0.39, 0.29) is 0 Å². The maximum atomic E-state index is 6.72. The van der Waals surface area contributed by atoms with Gasteiger partial charge in [0.25, 0.3) is 0 Å². The van der Waals surface area contributed by atoms with Gasteiger partial charge in [0.15, 0.2) is 5.82 Å². The number of aromatic nitrogens is 3. The Morgan fingerprint density at radius 2 is 1.14 bits per heavy atom. The Bertz CT molecular complexity index is 2870. The molecule has 0 aliphatic heterocycles. The molecule has 0 aliphatic rings. The average Bonchev–Trinajstić information content (AvgIpc) is 3.77. The fraction of sp³-hybridized carbons (Fsp3) is 0. The molecule has 4 nitrogen and oxygen atoms in total. The standard InChI is InChI=1S/C45H27N3OS/c1-2-12-28(13-3-1)38-27-39(32-15-5-4-14-31(32)37-18-10-11-25-46-37)48-45(47-38)36-24-23-30(44-43(36)35-17-6-8-19-40(35)49-44)29-21-22-34-33-16-7-9-20-41(33)50-42(34)26-29/h1-27H. The molecule has 0 saturated carbocycles. The monoisotopic (exact) mass is 657 g/mol. The molecule has 0 N–H and O–H groups in total. The maximum absolute atomic E-state index is 6.72. The van der Waals surface area contributed by atoms with Crippen LogP contribution < -0.4 is 0 Å². The van der Waals surface area contributed by atoms with Crippen molar-refractivity contribution in [2.75, 3.05) is 0 Å². The van der Waals surface area contributed by atoms with Gasteiger partial charge in [0.05, 0.1) is 17.1 Å². The lowest BCUT2D eigenvalue weighted by Gasteiger charge is -2.13. The molecule has 0 radical (unpaired) electrons. The fourth-order valence-corrected chi connectivity index (χ4v) is 8.20. The molecule has 6 aromatic carbocycles. The molecule has 0 amide bonds. The Balaban J connectivity index is 1.22. The minimum Gasteiger partial charge on any atom is -0.455 e. The summed E-state index contributed by atoms with van der Waals surface area (Å²) in [5, 5.41) is 4.60. The van der Waals surface area contributed by atoms with Gasteiger partial charge < -0.3 is 4.42 Å². The summed E-state index contributed by atoms with van der Waals surface area (Å²) >= 11 is 1.82. The molecule has 0 unspecified atom stereocenters. The van der Waals surface area contributed by atoms with Crippen LogP contribution >= 0.6 is 11.3 Å². The number of rotatable bonds is 5. The normalized spacial score (nSPS) is 11.6. The van der Waals surface area contributed by atoms with Gasteiger partial charge in [0.1, 0.15) is 11.2 Å². The first-order valence-corrected chi connectivity index (χ1v) is 17.4. The summed E-state index contributed by atoms with van der Waals surface area (Å²) in [5.41, 5.74) is 10.3. The third kappa shape index (κ3) is 4.71. The lowest BCUT2D eigenvalue weighted by molar-refractivity contribution is 0.670. The van der Waals surface area contributed by atoms with E-state index in [0.29, 0.717) is 5.82 Å². The fourth-order valence-electron chi connectivity index (χ4n) is 7.05. The molecule has 0 saturated heterocycles. The molecule has 4 heterocycles. The van der Waals surface area contributed by atoms with Crippen LogP contribution in [0.5, 0.6) is 0 Å². The van der Waals surface area contributed by atoms with Crippen molar-refractivity contribution < 1.29 is 4.42 Å². The highest BCUT2D eigenvalue weighted by Crippen LogP contribution is 2.44. The number of fused-ring (bicyclic) bond motifs is 6. The van der Waals surface area contributed by atoms with E-state index in [9.17, 15) is 0 Å². The number of benzene rings is 6. The Morgan fingerprint density at radius 3 is 2.00 bits per heavy atom. The lowest BCUT2D eigenvalue weighted by atomic mass is 9.96. The van der Waals surface area contributed by atoms with Crippen LogP contribution in [0.15, 0.2) is 168 Å². The van der Waals surface area contributed by atoms with E-state index >= 15 is 0 Å². The molecule has 0 spiro atoms. The van der Waals surface area contributed by atoms with Crippen LogP contribution in [0.4, 0.5) is 0 Å². The molecular weight excluding hydrogens is 631 g/mol. The molecule has 0 fully saturated rings. The van der Waals surface area contributed by atoms with Gasteiger partial charge in [-0.25, -0.2) is 9.97 Å². The number of hydrogen-bond acceptors (Lipinski definition) is 5. The zero-order valence-electron chi connectivity index (χ0n) is 26.7. The van der Waals surface area contributed by atoms with Gasteiger partial charge in [-0.15, -0.1) is 11.3 Å². The van der Waals surface area contributed by atoms with Gasteiger partial charge in [-0.3, -0.25) is 4.98 Å². The van der Waals surface area contributed by atoms with Crippen molar-refractivity contribution in [2.45, 2.75) is 0 Å². The molecule has 4 aromatic heterocycles. The minimum absolute atomic E-state index is 0.639. The number of nitrogens with zero attached hydrogens (tertiary/aromatic N) is 3. The third-order valence-corrected chi connectivity index (χ3v) is 10.5. The van der Waals surface area contributed by atoms with Crippen LogP contribution in [0, 0.1) is 0 Å². The molecule has 10 aromatic rings. The largest absolute Gasteiger partial charge is 0.455 e. The summed E-state index contributed by atoms with van der Waals surface area (Å²) < 4.78 is 9.27. The molecule has 10 rings (SSSR count).